The minimum Gasteiger partial charge on any atom is -0.384 e. The van der Waals surface area contributed by atoms with E-state index in [4.69, 9.17) is 5.73 Å². The number of halogens is 2. The summed E-state index contributed by atoms with van der Waals surface area (Å²) < 4.78 is 25.6. The van der Waals surface area contributed by atoms with E-state index in [0.29, 0.717) is 5.56 Å². The molecule has 0 bridgehead atoms. The van der Waals surface area contributed by atoms with Gasteiger partial charge in [0, 0.05) is 11.8 Å². The third-order valence-corrected chi connectivity index (χ3v) is 1.85. The first kappa shape index (κ1) is 9.51. The summed E-state index contributed by atoms with van der Waals surface area (Å²) in [6, 6.07) is 4.97. The molecule has 15 heavy (non-hydrogen) atoms. The summed E-state index contributed by atoms with van der Waals surface area (Å²) in [5.74, 6) is -1.28. The predicted octanol–water partition coefficient (Wildman–Crippen LogP) is 2.00. The predicted molar refractivity (Wildman–Crippen MR) is 51.8 cm³/mol. The molecule has 5 heteroatoms. The molecule has 0 spiro atoms. The van der Waals surface area contributed by atoms with Gasteiger partial charge in [-0.2, -0.15) is 0 Å². The second kappa shape index (κ2) is 3.61. The fraction of sp³-hybridized carbons (Fsp3) is 0. The summed E-state index contributed by atoms with van der Waals surface area (Å²) in [7, 11) is 0. The van der Waals surface area contributed by atoms with Gasteiger partial charge < -0.3 is 5.73 Å². The van der Waals surface area contributed by atoms with Crippen molar-refractivity contribution in [1.29, 1.82) is 0 Å². The zero-order valence-electron chi connectivity index (χ0n) is 7.61. The van der Waals surface area contributed by atoms with Crippen LogP contribution in [0, 0.1) is 11.6 Å². The third-order valence-electron chi connectivity index (χ3n) is 1.85. The number of hydrogen-bond acceptors (Lipinski definition) is 3. The highest BCUT2D eigenvalue weighted by Crippen LogP contribution is 2.18. The minimum absolute atomic E-state index is 0.272. The van der Waals surface area contributed by atoms with Crippen LogP contribution in [0.15, 0.2) is 30.5 Å². The van der Waals surface area contributed by atoms with Crippen LogP contribution >= 0.6 is 0 Å². The van der Waals surface area contributed by atoms with Crippen LogP contribution in [0.3, 0.4) is 0 Å². The number of hydrogen-bond donors (Lipinski definition) is 1. The molecule has 2 rings (SSSR count). The van der Waals surface area contributed by atoms with Gasteiger partial charge in [-0.25, -0.2) is 18.7 Å². The van der Waals surface area contributed by atoms with Crippen molar-refractivity contribution in [2.24, 2.45) is 0 Å². The van der Waals surface area contributed by atoms with Crippen molar-refractivity contribution in [3.63, 3.8) is 0 Å². The van der Waals surface area contributed by atoms with E-state index in [-0.39, 0.29) is 11.6 Å². The number of aromatic nitrogens is 2. The third kappa shape index (κ3) is 1.90. The number of benzene rings is 1. The van der Waals surface area contributed by atoms with Gasteiger partial charge in [-0.15, -0.1) is 0 Å². The standard InChI is InChI=1S/C10H7F2N3/c11-7-2-1-6(5-8(7)12)10-14-4-3-9(13)15-10/h1-5H,(H2,13,14,15). The number of rotatable bonds is 1. The van der Waals surface area contributed by atoms with E-state index in [1.807, 2.05) is 0 Å². The smallest absolute Gasteiger partial charge is 0.161 e. The highest BCUT2D eigenvalue weighted by Gasteiger charge is 2.06. The van der Waals surface area contributed by atoms with Crippen LogP contribution in [0.2, 0.25) is 0 Å². The van der Waals surface area contributed by atoms with Gasteiger partial charge in [-0.05, 0) is 24.3 Å². The van der Waals surface area contributed by atoms with E-state index in [2.05, 4.69) is 9.97 Å². The zero-order chi connectivity index (χ0) is 10.8. The fourth-order valence-corrected chi connectivity index (χ4v) is 1.15. The van der Waals surface area contributed by atoms with Crippen LogP contribution < -0.4 is 5.73 Å². The Morgan fingerprint density at radius 1 is 1.07 bits per heavy atom. The SMILES string of the molecule is Nc1ccnc(-c2ccc(F)c(F)c2)n1. The molecule has 0 aliphatic rings. The normalized spacial score (nSPS) is 10.3. The van der Waals surface area contributed by atoms with Crippen molar-refractivity contribution in [2.75, 3.05) is 5.73 Å². The van der Waals surface area contributed by atoms with Crippen molar-refractivity contribution in [3.8, 4) is 11.4 Å². The minimum atomic E-state index is -0.932. The van der Waals surface area contributed by atoms with Gasteiger partial charge in [0.2, 0.25) is 0 Å². The molecule has 0 aliphatic carbocycles. The number of nitrogens with two attached hydrogens (primary N) is 1. The Balaban J connectivity index is 2.50. The maximum Gasteiger partial charge on any atom is 0.161 e. The number of nitrogen functional groups attached to an aromatic ring is 1. The first-order valence-electron chi connectivity index (χ1n) is 4.21. The van der Waals surface area contributed by atoms with Gasteiger partial charge in [0.15, 0.2) is 17.5 Å². The number of anilines is 1. The molecule has 0 radical (unpaired) electrons. The topological polar surface area (TPSA) is 51.8 Å². The monoisotopic (exact) mass is 207 g/mol. The van der Waals surface area contributed by atoms with Crippen LogP contribution in [-0.4, -0.2) is 9.97 Å². The van der Waals surface area contributed by atoms with E-state index < -0.39 is 11.6 Å². The van der Waals surface area contributed by atoms with Crippen molar-refractivity contribution >= 4 is 5.82 Å². The van der Waals surface area contributed by atoms with Crippen LogP contribution in [0.4, 0.5) is 14.6 Å². The second-order valence-corrected chi connectivity index (χ2v) is 2.93. The molecule has 2 N–H and O–H groups in total. The molecule has 1 heterocycles. The molecule has 1 aromatic heterocycles. The second-order valence-electron chi connectivity index (χ2n) is 2.93. The highest BCUT2D eigenvalue weighted by atomic mass is 19.2. The molecule has 3 nitrogen and oxygen atoms in total. The van der Waals surface area contributed by atoms with E-state index >= 15 is 0 Å². The van der Waals surface area contributed by atoms with Gasteiger partial charge in [0.1, 0.15) is 5.82 Å². The summed E-state index contributed by atoms with van der Waals surface area (Å²) in [6.45, 7) is 0. The molecular formula is C10H7F2N3. The average Bonchev–Trinajstić information content (AvgIpc) is 2.22. The number of nitrogens with zero attached hydrogens (tertiary/aromatic N) is 2. The van der Waals surface area contributed by atoms with Crippen LogP contribution in [0.1, 0.15) is 0 Å². The summed E-state index contributed by atoms with van der Waals surface area (Å²) in [5, 5.41) is 0. The molecule has 0 atom stereocenters. The molecule has 0 unspecified atom stereocenters. The van der Waals surface area contributed by atoms with Crippen LogP contribution in [0.25, 0.3) is 11.4 Å². The van der Waals surface area contributed by atoms with Crippen LogP contribution in [-0.2, 0) is 0 Å². The van der Waals surface area contributed by atoms with Gasteiger partial charge in [0.05, 0.1) is 0 Å². The Hall–Kier alpha value is -2.04. The van der Waals surface area contributed by atoms with E-state index in [1.165, 1.54) is 18.3 Å². The molecule has 2 aromatic rings. The Morgan fingerprint density at radius 2 is 1.87 bits per heavy atom. The van der Waals surface area contributed by atoms with Gasteiger partial charge in [0.25, 0.3) is 0 Å². The molecule has 0 saturated heterocycles. The van der Waals surface area contributed by atoms with Gasteiger partial charge in [-0.1, -0.05) is 0 Å². The molecule has 0 saturated carbocycles. The largest absolute Gasteiger partial charge is 0.384 e. The summed E-state index contributed by atoms with van der Waals surface area (Å²) in [5.41, 5.74) is 5.83. The lowest BCUT2D eigenvalue weighted by atomic mass is 10.2. The van der Waals surface area contributed by atoms with Crippen molar-refractivity contribution in [2.45, 2.75) is 0 Å². The quantitative estimate of drug-likeness (QED) is 0.778. The summed E-state index contributed by atoms with van der Waals surface area (Å²) in [4.78, 5) is 7.79. The Labute approximate surface area is 84.6 Å². The Morgan fingerprint density at radius 3 is 2.53 bits per heavy atom. The van der Waals surface area contributed by atoms with E-state index in [0.717, 1.165) is 12.1 Å². The van der Waals surface area contributed by atoms with Gasteiger partial charge in [-0.3, -0.25) is 0 Å². The highest BCUT2D eigenvalue weighted by molar-refractivity contribution is 5.56. The fourth-order valence-electron chi connectivity index (χ4n) is 1.15. The van der Waals surface area contributed by atoms with Gasteiger partial charge >= 0.3 is 0 Å². The average molecular weight is 207 g/mol. The lowest BCUT2D eigenvalue weighted by Crippen LogP contribution is -1.95. The maximum absolute atomic E-state index is 12.9. The van der Waals surface area contributed by atoms with Crippen molar-refractivity contribution < 1.29 is 8.78 Å². The molecule has 0 amide bonds. The first-order chi connectivity index (χ1) is 7.16. The first-order valence-corrected chi connectivity index (χ1v) is 4.21. The maximum atomic E-state index is 12.9. The zero-order valence-corrected chi connectivity index (χ0v) is 7.61. The van der Waals surface area contributed by atoms with Crippen molar-refractivity contribution in [1.82, 2.24) is 9.97 Å². The van der Waals surface area contributed by atoms with Crippen LogP contribution in [0.5, 0.6) is 0 Å². The molecule has 0 aliphatic heterocycles. The molecule has 1 aromatic carbocycles. The molecular weight excluding hydrogens is 200 g/mol. The summed E-state index contributed by atoms with van der Waals surface area (Å²) in [6.07, 6.45) is 1.46. The molecule has 76 valence electrons. The lowest BCUT2D eigenvalue weighted by Gasteiger charge is -2.01. The van der Waals surface area contributed by atoms with E-state index in [1.54, 1.807) is 0 Å². The van der Waals surface area contributed by atoms with Crippen molar-refractivity contribution in [3.05, 3.63) is 42.1 Å². The Kier molecular flexibility index (Phi) is 2.29. The summed E-state index contributed by atoms with van der Waals surface area (Å²) >= 11 is 0. The Bertz CT molecular complexity index is 500. The lowest BCUT2D eigenvalue weighted by molar-refractivity contribution is 0.509. The van der Waals surface area contributed by atoms with E-state index in [9.17, 15) is 8.78 Å². The molecule has 0 fully saturated rings.